The predicted molar refractivity (Wildman–Crippen MR) is 124 cm³/mol. The summed E-state index contributed by atoms with van der Waals surface area (Å²) in [7, 11) is 1.69. The number of rotatable bonds is 10. The lowest BCUT2D eigenvalue weighted by Crippen LogP contribution is -2.59. The van der Waals surface area contributed by atoms with Gasteiger partial charge in [0.2, 0.25) is 11.8 Å². The molecule has 0 aromatic rings. The maximum Gasteiger partial charge on any atom is 0.331 e. The predicted octanol–water partition coefficient (Wildman–Crippen LogP) is 3.29. The molecule has 2 amide bonds. The maximum atomic E-state index is 13.4. The van der Waals surface area contributed by atoms with Gasteiger partial charge >= 0.3 is 5.97 Å². The number of likely N-dealkylation sites (tertiary alicyclic amines) is 1. The lowest BCUT2D eigenvalue weighted by molar-refractivity contribution is -0.140. The molecular formula is C24H43N3O4. The van der Waals surface area contributed by atoms with Crippen LogP contribution in [0.3, 0.4) is 0 Å². The molecule has 0 spiro atoms. The normalized spacial score (nSPS) is 21.0. The van der Waals surface area contributed by atoms with Gasteiger partial charge < -0.3 is 15.3 Å². The number of carboxylic acid groups (broad SMARTS) is 1. The van der Waals surface area contributed by atoms with Gasteiger partial charge in [-0.2, -0.15) is 0 Å². The van der Waals surface area contributed by atoms with Crippen LogP contribution in [0.1, 0.15) is 74.1 Å². The first-order valence-corrected chi connectivity index (χ1v) is 11.7. The number of nitrogens with one attached hydrogen (secondary N) is 1. The summed E-state index contributed by atoms with van der Waals surface area (Å²) in [6.07, 6.45) is 5.51. The van der Waals surface area contributed by atoms with Crippen molar-refractivity contribution in [1.29, 1.82) is 0 Å². The van der Waals surface area contributed by atoms with E-state index in [0.717, 1.165) is 32.2 Å². The molecule has 7 nitrogen and oxygen atoms in total. The number of hydrogen-bond acceptors (Lipinski definition) is 4. The molecule has 0 aromatic carbocycles. The van der Waals surface area contributed by atoms with E-state index >= 15 is 0 Å². The van der Waals surface area contributed by atoms with Gasteiger partial charge in [0.1, 0.15) is 6.04 Å². The van der Waals surface area contributed by atoms with Crippen molar-refractivity contribution in [2.45, 2.75) is 98.3 Å². The standard InChI is InChI=1S/C24H43N3O4/c1-9-18(7)27-13-11-10-12-19(27)22(28)25-21(16(4)5)23(29)26(8)20(15(2)3)14-17(6)24(30)31/h14-16,18-21H,9-13H2,1-8H3,(H,25,28)(H,30,31)/t18?,19?,20-,21+/m1/s1. The minimum Gasteiger partial charge on any atom is -0.478 e. The van der Waals surface area contributed by atoms with Gasteiger partial charge in [-0.3, -0.25) is 14.5 Å². The van der Waals surface area contributed by atoms with E-state index < -0.39 is 12.0 Å². The third-order valence-corrected chi connectivity index (χ3v) is 6.47. The Morgan fingerprint density at radius 1 is 1.13 bits per heavy atom. The van der Waals surface area contributed by atoms with Gasteiger partial charge in [-0.25, -0.2) is 4.79 Å². The Morgan fingerprint density at radius 2 is 1.74 bits per heavy atom. The van der Waals surface area contributed by atoms with Gasteiger partial charge in [0.25, 0.3) is 0 Å². The van der Waals surface area contributed by atoms with Gasteiger partial charge in [0, 0.05) is 18.7 Å². The van der Waals surface area contributed by atoms with Crippen LogP contribution in [0.25, 0.3) is 0 Å². The summed E-state index contributed by atoms with van der Waals surface area (Å²) in [5.74, 6) is -1.33. The summed E-state index contributed by atoms with van der Waals surface area (Å²) in [4.78, 5) is 41.8. The Labute approximate surface area is 188 Å². The van der Waals surface area contributed by atoms with Crippen LogP contribution in [0.2, 0.25) is 0 Å². The lowest BCUT2D eigenvalue weighted by atomic mass is 9.95. The van der Waals surface area contributed by atoms with Crippen molar-refractivity contribution in [2.24, 2.45) is 11.8 Å². The van der Waals surface area contributed by atoms with Crippen molar-refractivity contribution in [1.82, 2.24) is 15.1 Å². The van der Waals surface area contributed by atoms with Crippen LogP contribution in [0.15, 0.2) is 11.6 Å². The summed E-state index contributed by atoms with van der Waals surface area (Å²) in [6.45, 7) is 14.5. The third-order valence-electron chi connectivity index (χ3n) is 6.47. The number of carboxylic acids is 1. The van der Waals surface area contributed by atoms with Gasteiger partial charge in [0.15, 0.2) is 0 Å². The molecule has 0 radical (unpaired) electrons. The lowest BCUT2D eigenvalue weighted by Gasteiger charge is -2.40. The Hall–Kier alpha value is -1.89. The quantitative estimate of drug-likeness (QED) is 0.512. The van der Waals surface area contributed by atoms with Crippen molar-refractivity contribution < 1.29 is 19.5 Å². The van der Waals surface area contributed by atoms with Crippen LogP contribution in [-0.4, -0.2) is 70.4 Å². The Kier molecular flexibility index (Phi) is 10.7. The summed E-state index contributed by atoms with van der Waals surface area (Å²) in [5, 5.41) is 12.3. The molecule has 1 fully saturated rings. The van der Waals surface area contributed by atoms with Crippen LogP contribution in [-0.2, 0) is 14.4 Å². The third kappa shape index (κ3) is 7.34. The largest absolute Gasteiger partial charge is 0.478 e. The number of piperidine rings is 1. The first-order valence-electron chi connectivity index (χ1n) is 11.7. The van der Waals surface area contributed by atoms with Crippen molar-refractivity contribution in [3.8, 4) is 0 Å². The number of amides is 2. The highest BCUT2D eigenvalue weighted by molar-refractivity contribution is 5.90. The Morgan fingerprint density at radius 3 is 2.23 bits per heavy atom. The van der Waals surface area contributed by atoms with E-state index in [0.29, 0.717) is 6.04 Å². The molecule has 2 N–H and O–H groups in total. The van der Waals surface area contributed by atoms with Crippen LogP contribution < -0.4 is 5.32 Å². The summed E-state index contributed by atoms with van der Waals surface area (Å²) in [5.41, 5.74) is 0.204. The molecule has 0 aliphatic carbocycles. The molecule has 1 rings (SSSR count). The molecule has 4 atom stereocenters. The van der Waals surface area contributed by atoms with Crippen molar-refractivity contribution in [2.75, 3.05) is 13.6 Å². The fourth-order valence-corrected chi connectivity index (χ4v) is 4.21. The Balaban J connectivity index is 3.06. The zero-order valence-corrected chi connectivity index (χ0v) is 20.6. The molecule has 1 heterocycles. The maximum absolute atomic E-state index is 13.4. The number of aliphatic carboxylic acids is 1. The van der Waals surface area contributed by atoms with Gasteiger partial charge in [0.05, 0.1) is 12.1 Å². The smallest absolute Gasteiger partial charge is 0.331 e. The molecule has 0 saturated carbocycles. The van der Waals surface area contributed by atoms with Crippen LogP contribution in [0.5, 0.6) is 0 Å². The van der Waals surface area contributed by atoms with E-state index in [1.165, 1.54) is 6.92 Å². The number of carbonyl (C=O) groups excluding carboxylic acids is 2. The highest BCUT2D eigenvalue weighted by Gasteiger charge is 2.36. The molecular weight excluding hydrogens is 394 g/mol. The fraction of sp³-hybridized carbons (Fsp3) is 0.792. The average molecular weight is 438 g/mol. The van der Waals surface area contributed by atoms with E-state index in [2.05, 4.69) is 24.1 Å². The molecule has 7 heteroatoms. The van der Waals surface area contributed by atoms with Gasteiger partial charge in [-0.05, 0) is 51.5 Å². The number of likely N-dealkylation sites (N-methyl/N-ethyl adjacent to an activating group) is 1. The van der Waals surface area contributed by atoms with Crippen LogP contribution >= 0.6 is 0 Å². The first kappa shape index (κ1) is 27.1. The molecule has 1 saturated heterocycles. The van der Waals surface area contributed by atoms with E-state index in [1.54, 1.807) is 18.0 Å². The SMILES string of the molecule is CCC(C)N1CCCCC1C(=O)N[C@H](C(=O)N(C)[C@H](C=C(C)C(=O)O)C(C)C)C(C)C. The minimum atomic E-state index is -0.998. The molecule has 31 heavy (non-hydrogen) atoms. The molecule has 1 aliphatic rings. The van der Waals surface area contributed by atoms with Gasteiger partial charge in [-0.1, -0.05) is 47.1 Å². The van der Waals surface area contributed by atoms with Crippen molar-refractivity contribution in [3.63, 3.8) is 0 Å². The second kappa shape index (κ2) is 12.2. The summed E-state index contributed by atoms with van der Waals surface area (Å²) >= 11 is 0. The minimum absolute atomic E-state index is 0.0333. The van der Waals surface area contributed by atoms with Crippen LogP contribution in [0.4, 0.5) is 0 Å². The van der Waals surface area contributed by atoms with Gasteiger partial charge in [-0.15, -0.1) is 0 Å². The Bertz CT molecular complexity index is 659. The molecule has 1 aliphatic heterocycles. The molecule has 0 aromatic heterocycles. The monoisotopic (exact) mass is 437 g/mol. The first-order chi connectivity index (χ1) is 14.4. The number of nitrogens with zero attached hydrogens (tertiary/aromatic N) is 2. The van der Waals surface area contributed by atoms with Crippen molar-refractivity contribution in [3.05, 3.63) is 11.6 Å². The molecule has 178 valence electrons. The number of hydrogen-bond donors (Lipinski definition) is 2. The van der Waals surface area contributed by atoms with Crippen molar-refractivity contribution >= 4 is 17.8 Å². The number of carbonyl (C=O) groups is 3. The van der Waals surface area contributed by atoms with E-state index in [-0.39, 0.29) is 41.3 Å². The van der Waals surface area contributed by atoms with E-state index in [4.69, 9.17) is 0 Å². The zero-order valence-electron chi connectivity index (χ0n) is 20.6. The fourth-order valence-electron chi connectivity index (χ4n) is 4.21. The highest BCUT2D eigenvalue weighted by Crippen LogP contribution is 2.22. The van der Waals surface area contributed by atoms with E-state index in [1.807, 2.05) is 27.7 Å². The second-order valence-corrected chi connectivity index (χ2v) is 9.58. The van der Waals surface area contributed by atoms with E-state index in [9.17, 15) is 19.5 Å². The molecule has 2 unspecified atom stereocenters. The highest BCUT2D eigenvalue weighted by atomic mass is 16.4. The average Bonchev–Trinajstić information content (AvgIpc) is 2.73. The summed E-state index contributed by atoms with van der Waals surface area (Å²) < 4.78 is 0. The van der Waals surface area contributed by atoms with Crippen LogP contribution in [0, 0.1) is 11.8 Å². The summed E-state index contributed by atoms with van der Waals surface area (Å²) in [6, 6.07) is -0.912. The topological polar surface area (TPSA) is 90.0 Å². The second-order valence-electron chi connectivity index (χ2n) is 9.58. The molecule has 0 bridgehead atoms. The zero-order chi connectivity index (χ0) is 23.9.